The number of ether oxygens (including phenoxy) is 4. The molecule has 4 atom stereocenters. The molecule has 6 heterocycles. The molecule has 1 saturated heterocycles. The molecule has 0 aliphatic carbocycles. The lowest BCUT2D eigenvalue weighted by atomic mass is 9.78. The van der Waals surface area contributed by atoms with Crippen LogP contribution in [0.3, 0.4) is 0 Å². The van der Waals surface area contributed by atoms with Crippen LogP contribution in [-0.2, 0) is 6.54 Å². The van der Waals surface area contributed by atoms with Gasteiger partial charge in [-0.1, -0.05) is 0 Å². The summed E-state index contributed by atoms with van der Waals surface area (Å²) in [6, 6.07) is 5.82. The quantitative estimate of drug-likeness (QED) is 0.448. The first kappa shape index (κ1) is 23.2. The van der Waals surface area contributed by atoms with Gasteiger partial charge in [-0.05, 0) is 24.9 Å². The molecule has 0 amide bonds. The summed E-state index contributed by atoms with van der Waals surface area (Å²) in [5.74, 6) is 3.32. The highest BCUT2D eigenvalue weighted by atomic mass is 16.6. The van der Waals surface area contributed by atoms with E-state index in [-0.39, 0.29) is 30.4 Å². The van der Waals surface area contributed by atoms with E-state index in [2.05, 4.69) is 20.6 Å². The third kappa shape index (κ3) is 4.40. The fourth-order valence-electron chi connectivity index (χ4n) is 5.64. The summed E-state index contributed by atoms with van der Waals surface area (Å²) in [7, 11) is 1.62. The molecular formula is C26H31N5O5. The Morgan fingerprint density at radius 3 is 2.75 bits per heavy atom. The zero-order chi connectivity index (χ0) is 24.5. The van der Waals surface area contributed by atoms with Crippen molar-refractivity contribution in [1.29, 1.82) is 0 Å². The number of aliphatic hydroxyl groups is 1. The fraction of sp³-hybridized carbons (Fsp3) is 0.500. The largest absolute Gasteiger partial charge is 0.491 e. The van der Waals surface area contributed by atoms with E-state index in [1.807, 2.05) is 18.2 Å². The van der Waals surface area contributed by atoms with Gasteiger partial charge in [-0.2, -0.15) is 0 Å². The van der Waals surface area contributed by atoms with Crippen LogP contribution in [0.2, 0.25) is 0 Å². The Hall–Kier alpha value is -3.21. The number of methoxy groups -OCH3 is 1. The van der Waals surface area contributed by atoms with Crippen LogP contribution in [0.1, 0.15) is 23.6 Å². The summed E-state index contributed by atoms with van der Waals surface area (Å²) >= 11 is 0. The Balaban J connectivity index is 1.22. The van der Waals surface area contributed by atoms with Crippen molar-refractivity contribution in [3.05, 3.63) is 41.9 Å². The first-order chi connectivity index (χ1) is 17.7. The average molecular weight is 494 g/mol. The van der Waals surface area contributed by atoms with Crippen LogP contribution < -0.4 is 29.6 Å². The molecule has 10 nitrogen and oxygen atoms in total. The first-order valence-electron chi connectivity index (χ1n) is 12.5. The first-order valence-corrected chi connectivity index (χ1v) is 12.5. The van der Waals surface area contributed by atoms with Crippen molar-refractivity contribution in [3.63, 3.8) is 0 Å². The van der Waals surface area contributed by atoms with E-state index in [0.29, 0.717) is 38.0 Å². The van der Waals surface area contributed by atoms with Crippen molar-refractivity contribution >= 4 is 11.0 Å². The molecule has 190 valence electrons. The van der Waals surface area contributed by atoms with Crippen molar-refractivity contribution < 1.29 is 24.1 Å². The summed E-state index contributed by atoms with van der Waals surface area (Å²) in [5, 5.41) is 17.4. The minimum atomic E-state index is 0.0927. The summed E-state index contributed by atoms with van der Waals surface area (Å²) in [6.07, 6.45) is 4.41. The van der Waals surface area contributed by atoms with Gasteiger partial charge in [-0.15, -0.1) is 0 Å². The molecule has 4 unspecified atom stereocenters. The molecule has 3 aromatic rings. The van der Waals surface area contributed by atoms with Gasteiger partial charge in [0.05, 0.1) is 37.3 Å². The normalized spacial score (nSPS) is 24.8. The number of piperidine rings is 1. The molecule has 0 radical (unpaired) electrons. The van der Waals surface area contributed by atoms with Crippen LogP contribution in [0, 0.1) is 11.8 Å². The Kier molecular flexibility index (Phi) is 6.47. The Labute approximate surface area is 209 Å². The van der Waals surface area contributed by atoms with Crippen LogP contribution >= 0.6 is 0 Å². The van der Waals surface area contributed by atoms with Gasteiger partial charge in [0.2, 0.25) is 5.88 Å². The predicted octanol–water partition coefficient (Wildman–Crippen LogP) is 1.66. The molecule has 6 rings (SSSR count). The number of nitrogens with zero attached hydrogens (tertiary/aromatic N) is 3. The van der Waals surface area contributed by atoms with Crippen molar-refractivity contribution in [1.82, 2.24) is 25.6 Å². The van der Waals surface area contributed by atoms with Crippen LogP contribution in [-0.4, -0.2) is 72.7 Å². The highest BCUT2D eigenvalue weighted by Gasteiger charge is 2.37. The van der Waals surface area contributed by atoms with Crippen molar-refractivity contribution in [2.75, 3.05) is 46.6 Å². The molecule has 0 bridgehead atoms. The monoisotopic (exact) mass is 493 g/mol. The third-order valence-electron chi connectivity index (χ3n) is 7.40. The number of pyridine rings is 3. The molecule has 3 N–H and O–H groups in total. The Bertz CT molecular complexity index is 1240. The lowest BCUT2D eigenvalue weighted by Gasteiger charge is -2.39. The van der Waals surface area contributed by atoms with E-state index in [0.717, 1.165) is 53.3 Å². The van der Waals surface area contributed by atoms with Crippen molar-refractivity contribution in [2.24, 2.45) is 11.8 Å². The van der Waals surface area contributed by atoms with Gasteiger partial charge in [0, 0.05) is 55.3 Å². The molecule has 3 aliphatic rings. The number of nitrogens with one attached hydrogen (secondary N) is 2. The van der Waals surface area contributed by atoms with Gasteiger partial charge in [0.15, 0.2) is 11.5 Å². The maximum atomic E-state index is 10.2. The fourth-order valence-corrected chi connectivity index (χ4v) is 5.64. The van der Waals surface area contributed by atoms with E-state index in [9.17, 15) is 5.11 Å². The average Bonchev–Trinajstić information content (AvgIpc) is 3.35. The van der Waals surface area contributed by atoms with E-state index in [1.54, 1.807) is 19.5 Å². The Morgan fingerprint density at radius 2 is 1.89 bits per heavy atom. The Morgan fingerprint density at radius 1 is 1.06 bits per heavy atom. The van der Waals surface area contributed by atoms with Gasteiger partial charge in [0.1, 0.15) is 24.5 Å². The smallest absolute Gasteiger partial charge is 0.213 e. The van der Waals surface area contributed by atoms with Gasteiger partial charge in [-0.3, -0.25) is 9.97 Å². The number of rotatable bonds is 7. The van der Waals surface area contributed by atoms with E-state index in [4.69, 9.17) is 23.9 Å². The molecule has 36 heavy (non-hydrogen) atoms. The second kappa shape index (κ2) is 10.0. The van der Waals surface area contributed by atoms with Crippen LogP contribution in [0.4, 0.5) is 0 Å². The maximum Gasteiger partial charge on any atom is 0.213 e. The van der Waals surface area contributed by atoms with Crippen molar-refractivity contribution in [2.45, 2.75) is 24.9 Å². The zero-order valence-electron chi connectivity index (χ0n) is 20.3. The molecule has 1 fully saturated rings. The SMILES string of the molecule is COc1ccc2ncc3c(c2n1)C(CC1CNCC(CO)C1NCc1cc2c(cn1)OCCO2)CO3. The van der Waals surface area contributed by atoms with E-state index in [1.165, 1.54) is 0 Å². The third-order valence-corrected chi connectivity index (χ3v) is 7.40. The van der Waals surface area contributed by atoms with Gasteiger partial charge >= 0.3 is 0 Å². The summed E-state index contributed by atoms with van der Waals surface area (Å²) in [6.45, 7) is 3.99. The summed E-state index contributed by atoms with van der Waals surface area (Å²) in [5.41, 5.74) is 3.65. The number of hydrogen-bond acceptors (Lipinski definition) is 10. The standard InChI is InChI=1S/C26H31N5O5/c1-33-23-3-2-19-26(31-23)24-16(14-36-22(24)12-29-19)6-15-8-27-9-17(13-32)25(15)30-10-18-7-20-21(11-28-18)35-5-4-34-20/h2-3,7,11-12,15-17,25,27,30,32H,4-6,8-10,13-14H2,1H3. The number of aromatic nitrogens is 3. The molecule has 0 aromatic carbocycles. The highest BCUT2D eigenvalue weighted by Crippen LogP contribution is 2.42. The second-order valence-electron chi connectivity index (χ2n) is 9.59. The van der Waals surface area contributed by atoms with E-state index < -0.39 is 0 Å². The number of hydrogen-bond donors (Lipinski definition) is 3. The second-order valence-corrected chi connectivity index (χ2v) is 9.59. The van der Waals surface area contributed by atoms with Crippen LogP contribution in [0.15, 0.2) is 30.6 Å². The van der Waals surface area contributed by atoms with Crippen LogP contribution in [0.25, 0.3) is 11.0 Å². The molecular weight excluding hydrogens is 462 g/mol. The topological polar surface area (TPSA) is 120 Å². The summed E-state index contributed by atoms with van der Waals surface area (Å²) < 4.78 is 22.7. The molecule has 3 aliphatic heterocycles. The summed E-state index contributed by atoms with van der Waals surface area (Å²) in [4.78, 5) is 13.8. The maximum absolute atomic E-state index is 10.2. The lowest BCUT2D eigenvalue weighted by molar-refractivity contribution is 0.115. The van der Waals surface area contributed by atoms with Crippen LogP contribution in [0.5, 0.6) is 23.1 Å². The van der Waals surface area contributed by atoms with E-state index >= 15 is 0 Å². The number of aliphatic hydroxyl groups excluding tert-OH is 1. The minimum absolute atomic E-state index is 0.0927. The van der Waals surface area contributed by atoms with Gasteiger partial charge < -0.3 is 34.7 Å². The number of fused-ring (bicyclic) bond motifs is 4. The molecule has 0 spiro atoms. The minimum Gasteiger partial charge on any atom is -0.491 e. The molecule has 0 saturated carbocycles. The van der Waals surface area contributed by atoms with Gasteiger partial charge in [-0.25, -0.2) is 4.98 Å². The lowest BCUT2D eigenvalue weighted by Crippen LogP contribution is -2.55. The molecule has 10 heteroatoms. The highest BCUT2D eigenvalue weighted by molar-refractivity contribution is 5.81. The molecule has 3 aromatic heterocycles. The zero-order valence-corrected chi connectivity index (χ0v) is 20.3. The predicted molar refractivity (Wildman–Crippen MR) is 132 cm³/mol. The van der Waals surface area contributed by atoms with Crippen molar-refractivity contribution in [3.8, 4) is 23.1 Å². The van der Waals surface area contributed by atoms with Gasteiger partial charge in [0.25, 0.3) is 0 Å².